The van der Waals surface area contributed by atoms with Gasteiger partial charge in [0.25, 0.3) is 0 Å². The average Bonchev–Trinajstić information content (AvgIpc) is 2.84. The zero-order valence-corrected chi connectivity index (χ0v) is 10.3. The van der Waals surface area contributed by atoms with Gasteiger partial charge >= 0.3 is 12.0 Å². The van der Waals surface area contributed by atoms with Gasteiger partial charge in [-0.05, 0) is 12.8 Å². The number of imidazole rings is 1. The Labute approximate surface area is 105 Å². The van der Waals surface area contributed by atoms with E-state index in [2.05, 4.69) is 15.6 Å². The van der Waals surface area contributed by atoms with Crippen molar-refractivity contribution in [1.82, 2.24) is 20.2 Å². The molecule has 0 saturated heterocycles. The predicted molar refractivity (Wildman–Crippen MR) is 65.1 cm³/mol. The third-order valence-electron chi connectivity index (χ3n) is 2.45. The summed E-state index contributed by atoms with van der Waals surface area (Å²) in [7, 11) is 0. The molecular formula is C11H18N4O3. The number of aryl methyl sites for hydroxylation is 1. The molecule has 1 heterocycles. The van der Waals surface area contributed by atoms with E-state index in [1.807, 2.05) is 10.8 Å². The molecule has 7 nitrogen and oxygen atoms in total. The van der Waals surface area contributed by atoms with E-state index >= 15 is 0 Å². The minimum Gasteiger partial charge on any atom is -0.480 e. The van der Waals surface area contributed by atoms with Crippen molar-refractivity contribution in [3.63, 3.8) is 0 Å². The molecule has 0 fully saturated rings. The molecule has 0 aliphatic rings. The fourth-order valence-corrected chi connectivity index (χ4v) is 1.43. The van der Waals surface area contributed by atoms with Crippen molar-refractivity contribution in [1.29, 1.82) is 0 Å². The van der Waals surface area contributed by atoms with Gasteiger partial charge in [-0.3, -0.25) is 0 Å². The molecule has 0 aliphatic heterocycles. The highest BCUT2D eigenvalue weighted by molar-refractivity contribution is 5.82. The number of aliphatic carboxylic acids is 1. The molecule has 1 aromatic rings. The van der Waals surface area contributed by atoms with Gasteiger partial charge in [-0.25, -0.2) is 14.6 Å². The summed E-state index contributed by atoms with van der Waals surface area (Å²) in [6.45, 7) is 2.95. The van der Waals surface area contributed by atoms with Crippen LogP contribution in [0.1, 0.15) is 19.8 Å². The van der Waals surface area contributed by atoms with Gasteiger partial charge in [0.15, 0.2) is 0 Å². The number of nitrogens with one attached hydrogen (secondary N) is 2. The molecule has 0 saturated carbocycles. The Balaban J connectivity index is 2.15. The smallest absolute Gasteiger partial charge is 0.326 e. The van der Waals surface area contributed by atoms with E-state index in [1.165, 1.54) is 0 Å². The van der Waals surface area contributed by atoms with Gasteiger partial charge in [-0.2, -0.15) is 0 Å². The first-order chi connectivity index (χ1) is 8.63. The highest BCUT2D eigenvalue weighted by Crippen LogP contribution is 1.91. The Hall–Kier alpha value is -2.05. The number of carbonyl (C=O) groups excluding carboxylic acids is 1. The highest BCUT2D eigenvalue weighted by Gasteiger charge is 2.16. The summed E-state index contributed by atoms with van der Waals surface area (Å²) in [6, 6.07) is -1.28. The molecule has 0 aliphatic carbocycles. The second-order valence-corrected chi connectivity index (χ2v) is 3.85. The number of amides is 2. The number of carboxylic acids is 1. The van der Waals surface area contributed by atoms with Gasteiger partial charge < -0.3 is 20.3 Å². The van der Waals surface area contributed by atoms with Gasteiger partial charge in [0, 0.05) is 25.5 Å². The maximum atomic E-state index is 11.4. The van der Waals surface area contributed by atoms with Crippen LogP contribution in [0.3, 0.4) is 0 Å². The zero-order chi connectivity index (χ0) is 13.4. The molecule has 0 spiro atoms. The summed E-state index contributed by atoms with van der Waals surface area (Å²) in [5, 5.41) is 13.8. The Bertz CT molecular complexity index is 378. The lowest BCUT2D eigenvalue weighted by Crippen LogP contribution is -2.45. The number of hydrogen-bond donors (Lipinski definition) is 3. The standard InChI is InChI=1S/C11H18N4O3/c1-2-9(10(16)17)14-11(18)13-4-3-6-15-7-5-12-8-15/h5,7-9H,2-4,6H2,1H3,(H,16,17)(H2,13,14,18)/t9-/m1/s1. The largest absolute Gasteiger partial charge is 0.480 e. The van der Waals surface area contributed by atoms with E-state index in [-0.39, 0.29) is 0 Å². The van der Waals surface area contributed by atoms with Crippen LogP contribution in [-0.4, -0.2) is 39.2 Å². The Morgan fingerprint density at radius 3 is 2.83 bits per heavy atom. The lowest BCUT2D eigenvalue weighted by molar-refractivity contribution is -0.139. The third kappa shape index (κ3) is 4.86. The van der Waals surface area contributed by atoms with Crippen LogP contribution in [0.2, 0.25) is 0 Å². The van der Waals surface area contributed by atoms with E-state index in [1.54, 1.807) is 19.4 Å². The second kappa shape index (κ2) is 7.31. The monoisotopic (exact) mass is 254 g/mol. The minimum atomic E-state index is -1.02. The summed E-state index contributed by atoms with van der Waals surface area (Å²) < 4.78 is 1.91. The molecule has 18 heavy (non-hydrogen) atoms. The van der Waals surface area contributed by atoms with Gasteiger partial charge in [-0.1, -0.05) is 6.92 Å². The van der Waals surface area contributed by atoms with Crippen molar-refractivity contribution in [2.75, 3.05) is 6.54 Å². The number of rotatable bonds is 7. The molecule has 7 heteroatoms. The molecule has 1 aromatic heterocycles. The maximum Gasteiger partial charge on any atom is 0.326 e. The molecule has 0 unspecified atom stereocenters. The predicted octanol–water partition coefficient (Wildman–Crippen LogP) is 0.436. The molecule has 100 valence electrons. The Kier molecular flexibility index (Phi) is 5.69. The van der Waals surface area contributed by atoms with Crippen LogP contribution in [0, 0.1) is 0 Å². The minimum absolute atomic E-state index is 0.359. The lowest BCUT2D eigenvalue weighted by Gasteiger charge is -2.13. The number of urea groups is 1. The first kappa shape index (κ1) is 14.0. The first-order valence-electron chi connectivity index (χ1n) is 5.86. The van der Waals surface area contributed by atoms with E-state index in [0.717, 1.165) is 13.0 Å². The van der Waals surface area contributed by atoms with Crippen LogP contribution >= 0.6 is 0 Å². The quantitative estimate of drug-likeness (QED) is 0.615. The molecule has 1 atom stereocenters. The van der Waals surface area contributed by atoms with Crippen LogP contribution in [0.15, 0.2) is 18.7 Å². The molecule has 3 N–H and O–H groups in total. The molecule has 0 bridgehead atoms. The summed E-state index contributed by atoms with van der Waals surface area (Å²) in [6.07, 6.45) is 6.36. The fourth-order valence-electron chi connectivity index (χ4n) is 1.43. The van der Waals surface area contributed by atoms with Crippen LogP contribution in [-0.2, 0) is 11.3 Å². The molecule has 2 amide bonds. The fraction of sp³-hybridized carbons (Fsp3) is 0.545. The van der Waals surface area contributed by atoms with E-state index in [9.17, 15) is 9.59 Å². The number of aromatic nitrogens is 2. The van der Waals surface area contributed by atoms with Crippen molar-refractivity contribution in [2.45, 2.75) is 32.4 Å². The van der Waals surface area contributed by atoms with Gasteiger partial charge in [0.05, 0.1) is 6.33 Å². The van der Waals surface area contributed by atoms with Crippen LogP contribution in [0.5, 0.6) is 0 Å². The second-order valence-electron chi connectivity index (χ2n) is 3.85. The molecule has 0 aromatic carbocycles. The van der Waals surface area contributed by atoms with Crippen molar-refractivity contribution in [3.05, 3.63) is 18.7 Å². The van der Waals surface area contributed by atoms with Gasteiger partial charge in [-0.15, -0.1) is 0 Å². The van der Waals surface area contributed by atoms with Crippen molar-refractivity contribution >= 4 is 12.0 Å². The van der Waals surface area contributed by atoms with Crippen LogP contribution in [0.25, 0.3) is 0 Å². The van der Waals surface area contributed by atoms with E-state index in [4.69, 9.17) is 5.11 Å². The SMILES string of the molecule is CC[C@@H](NC(=O)NCCCn1ccnc1)C(=O)O. The third-order valence-corrected chi connectivity index (χ3v) is 2.45. The number of carboxylic acid groups (broad SMARTS) is 1. The van der Waals surface area contributed by atoms with Gasteiger partial charge in [0.2, 0.25) is 0 Å². The van der Waals surface area contributed by atoms with Crippen LogP contribution in [0.4, 0.5) is 4.79 Å². The summed E-state index contributed by atoms with van der Waals surface area (Å²) in [5.74, 6) is -1.02. The number of carbonyl (C=O) groups is 2. The lowest BCUT2D eigenvalue weighted by atomic mass is 10.2. The Morgan fingerprint density at radius 1 is 1.50 bits per heavy atom. The van der Waals surface area contributed by atoms with E-state index in [0.29, 0.717) is 13.0 Å². The first-order valence-corrected chi connectivity index (χ1v) is 5.86. The summed E-state index contributed by atoms with van der Waals surface area (Å²) in [5.41, 5.74) is 0. The van der Waals surface area contributed by atoms with Gasteiger partial charge in [0.1, 0.15) is 6.04 Å². The van der Waals surface area contributed by atoms with Crippen molar-refractivity contribution in [3.8, 4) is 0 Å². The average molecular weight is 254 g/mol. The number of hydrogen-bond acceptors (Lipinski definition) is 3. The summed E-state index contributed by atoms with van der Waals surface area (Å²) in [4.78, 5) is 26.0. The molecular weight excluding hydrogens is 236 g/mol. The highest BCUT2D eigenvalue weighted by atomic mass is 16.4. The van der Waals surface area contributed by atoms with Crippen LogP contribution < -0.4 is 10.6 Å². The number of nitrogens with zero attached hydrogens (tertiary/aromatic N) is 2. The zero-order valence-electron chi connectivity index (χ0n) is 10.3. The topological polar surface area (TPSA) is 96.3 Å². The maximum absolute atomic E-state index is 11.4. The Morgan fingerprint density at radius 2 is 2.28 bits per heavy atom. The van der Waals surface area contributed by atoms with E-state index < -0.39 is 18.0 Å². The molecule has 1 rings (SSSR count). The van der Waals surface area contributed by atoms with Crippen molar-refractivity contribution < 1.29 is 14.7 Å². The molecule has 0 radical (unpaired) electrons. The van der Waals surface area contributed by atoms with Crippen molar-refractivity contribution in [2.24, 2.45) is 0 Å². The summed E-state index contributed by atoms with van der Waals surface area (Å²) >= 11 is 0. The normalized spacial score (nSPS) is 11.8.